The number of aromatic nitrogens is 3. The van der Waals surface area contributed by atoms with Crippen molar-refractivity contribution in [2.24, 2.45) is 4.99 Å². The van der Waals surface area contributed by atoms with E-state index < -0.39 is 0 Å². The Bertz CT molecular complexity index is 656. The topological polar surface area (TPSA) is 89.2 Å². The van der Waals surface area contributed by atoms with Crippen molar-refractivity contribution in [3.05, 3.63) is 29.8 Å². The molecule has 3 N–H and O–H groups in total. The molecule has 0 aliphatic carbocycles. The largest absolute Gasteiger partial charge is 0.494 e. The van der Waals surface area contributed by atoms with E-state index in [0.29, 0.717) is 23.0 Å². The number of anilines is 1. The number of nitrogens with two attached hydrogens (primary N) is 1. The predicted octanol–water partition coefficient (Wildman–Crippen LogP) is 2.44. The van der Waals surface area contributed by atoms with Crippen LogP contribution >= 0.6 is 23.5 Å². The van der Waals surface area contributed by atoms with Gasteiger partial charge in [0.25, 0.3) is 0 Å². The molecule has 22 heavy (non-hydrogen) atoms. The molecule has 1 aliphatic heterocycles. The van der Waals surface area contributed by atoms with Gasteiger partial charge in [-0.15, -0.1) is 16.9 Å². The quantitative estimate of drug-likeness (QED) is 0.788. The van der Waals surface area contributed by atoms with Crippen LogP contribution in [-0.2, 0) is 0 Å². The molecule has 116 valence electrons. The van der Waals surface area contributed by atoms with E-state index in [2.05, 4.69) is 32.3 Å². The van der Waals surface area contributed by atoms with Gasteiger partial charge in [-0.25, -0.2) is 5.10 Å². The lowest BCUT2D eigenvalue weighted by Gasteiger charge is -2.07. The van der Waals surface area contributed by atoms with E-state index in [9.17, 15) is 0 Å². The van der Waals surface area contributed by atoms with Crippen molar-refractivity contribution in [3.8, 4) is 5.75 Å². The zero-order valence-electron chi connectivity index (χ0n) is 12.2. The fraction of sp³-hybridized carbons (Fsp3) is 0.357. The number of nitrogens with zero attached hydrogens (tertiary/aromatic N) is 3. The molecule has 2 heterocycles. The van der Waals surface area contributed by atoms with Gasteiger partial charge in [0.1, 0.15) is 5.75 Å². The third-order valence-corrected chi connectivity index (χ3v) is 5.47. The van der Waals surface area contributed by atoms with Gasteiger partial charge >= 0.3 is 0 Å². The highest BCUT2D eigenvalue weighted by atomic mass is 32.2. The summed E-state index contributed by atoms with van der Waals surface area (Å²) < 4.78 is 5.46. The van der Waals surface area contributed by atoms with E-state index >= 15 is 0 Å². The molecule has 0 unspecified atom stereocenters. The molecule has 1 aliphatic rings. The van der Waals surface area contributed by atoms with E-state index in [1.807, 2.05) is 19.1 Å². The van der Waals surface area contributed by atoms with Crippen molar-refractivity contribution < 1.29 is 4.74 Å². The fourth-order valence-corrected chi connectivity index (χ4v) is 4.09. The number of H-pyrrole nitrogens is 1. The first-order chi connectivity index (χ1) is 10.7. The first-order valence-corrected chi connectivity index (χ1v) is 8.86. The minimum Gasteiger partial charge on any atom is -0.494 e. The molecule has 0 amide bonds. The minimum absolute atomic E-state index is 0.355. The van der Waals surface area contributed by atoms with E-state index in [-0.39, 0.29) is 0 Å². The Morgan fingerprint density at radius 1 is 1.41 bits per heavy atom. The summed E-state index contributed by atoms with van der Waals surface area (Å²) >= 11 is 3.40. The van der Waals surface area contributed by atoms with Crippen LogP contribution in [0.5, 0.6) is 5.75 Å². The lowest BCUT2D eigenvalue weighted by molar-refractivity contribution is 0.340. The highest BCUT2D eigenvalue weighted by molar-refractivity contribution is 8.16. The molecule has 3 rings (SSSR count). The molecule has 1 aromatic heterocycles. The molecule has 2 aromatic rings. The summed E-state index contributed by atoms with van der Waals surface area (Å²) in [6.07, 6.45) is 0. The first kappa shape index (κ1) is 15.2. The van der Waals surface area contributed by atoms with Crippen LogP contribution in [0.1, 0.15) is 12.5 Å². The number of aromatic amines is 1. The molecule has 0 radical (unpaired) electrons. The van der Waals surface area contributed by atoms with Crippen LogP contribution in [-0.4, -0.2) is 44.4 Å². The Labute approximate surface area is 137 Å². The number of hydrogen-bond donors (Lipinski definition) is 2. The summed E-state index contributed by atoms with van der Waals surface area (Å²) in [5, 5.41) is 8.88. The molecule has 0 bridgehead atoms. The summed E-state index contributed by atoms with van der Waals surface area (Å²) in [7, 11) is 0. The minimum atomic E-state index is 0.355. The SMILES string of the molecule is CCOc1ccc(C2=NC[C@H](CSc3n[nH]c(N)n3)S2)cc1. The summed E-state index contributed by atoms with van der Waals surface area (Å²) in [5.74, 6) is 2.16. The average Bonchev–Trinajstić information content (AvgIpc) is 3.15. The maximum absolute atomic E-state index is 5.51. The Kier molecular flexibility index (Phi) is 4.89. The van der Waals surface area contributed by atoms with Crippen molar-refractivity contribution in [2.45, 2.75) is 17.3 Å². The van der Waals surface area contributed by atoms with Gasteiger partial charge < -0.3 is 10.5 Å². The van der Waals surface area contributed by atoms with Crippen molar-refractivity contribution in [1.29, 1.82) is 0 Å². The number of nitrogens with one attached hydrogen (secondary N) is 1. The maximum atomic E-state index is 5.51. The van der Waals surface area contributed by atoms with Gasteiger partial charge in [0.05, 0.1) is 18.2 Å². The first-order valence-electron chi connectivity index (χ1n) is 6.99. The number of thioether (sulfide) groups is 2. The van der Waals surface area contributed by atoms with E-state index in [1.54, 1.807) is 23.5 Å². The third-order valence-electron chi connectivity index (χ3n) is 3.01. The van der Waals surface area contributed by atoms with Gasteiger partial charge in [-0.3, -0.25) is 4.99 Å². The van der Waals surface area contributed by atoms with Crippen LogP contribution in [0.15, 0.2) is 34.4 Å². The lowest BCUT2D eigenvalue weighted by atomic mass is 10.2. The van der Waals surface area contributed by atoms with Gasteiger partial charge in [-0.2, -0.15) is 4.98 Å². The second-order valence-electron chi connectivity index (χ2n) is 4.66. The summed E-state index contributed by atoms with van der Waals surface area (Å²) in [6, 6.07) is 8.09. The van der Waals surface area contributed by atoms with Crippen LogP contribution in [0.25, 0.3) is 0 Å². The maximum Gasteiger partial charge on any atom is 0.216 e. The Morgan fingerprint density at radius 2 is 2.23 bits per heavy atom. The van der Waals surface area contributed by atoms with Gasteiger partial charge in [0.2, 0.25) is 11.1 Å². The summed E-state index contributed by atoms with van der Waals surface area (Å²) in [6.45, 7) is 3.48. The van der Waals surface area contributed by atoms with Gasteiger partial charge in [-0.05, 0) is 31.2 Å². The van der Waals surface area contributed by atoms with Crippen molar-refractivity contribution >= 4 is 34.5 Å². The Balaban J connectivity index is 1.52. The zero-order valence-corrected chi connectivity index (χ0v) is 13.8. The smallest absolute Gasteiger partial charge is 0.216 e. The molecular weight excluding hydrogens is 318 g/mol. The van der Waals surface area contributed by atoms with E-state index in [1.165, 1.54) is 0 Å². The van der Waals surface area contributed by atoms with Crippen LogP contribution in [0.2, 0.25) is 0 Å². The number of ether oxygens (including phenoxy) is 1. The number of benzene rings is 1. The number of hydrogen-bond acceptors (Lipinski definition) is 7. The second-order valence-corrected chi connectivity index (χ2v) is 6.93. The van der Waals surface area contributed by atoms with Gasteiger partial charge in [-0.1, -0.05) is 11.8 Å². The van der Waals surface area contributed by atoms with Crippen molar-refractivity contribution in [2.75, 3.05) is 24.6 Å². The van der Waals surface area contributed by atoms with Gasteiger partial charge in [0, 0.05) is 16.6 Å². The van der Waals surface area contributed by atoms with E-state index in [0.717, 1.165) is 28.7 Å². The van der Waals surface area contributed by atoms with Crippen molar-refractivity contribution in [3.63, 3.8) is 0 Å². The number of nitrogen functional groups attached to an aromatic ring is 1. The monoisotopic (exact) mass is 335 g/mol. The molecule has 1 atom stereocenters. The fourth-order valence-electron chi connectivity index (χ4n) is 2.01. The second kappa shape index (κ2) is 7.06. The Morgan fingerprint density at radius 3 is 2.91 bits per heavy atom. The lowest BCUT2D eigenvalue weighted by Crippen LogP contribution is -2.07. The summed E-state index contributed by atoms with van der Waals surface area (Å²) in [4.78, 5) is 8.72. The molecule has 0 saturated heterocycles. The predicted molar refractivity (Wildman–Crippen MR) is 91.9 cm³/mol. The van der Waals surface area contributed by atoms with Crippen molar-refractivity contribution in [1.82, 2.24) is 15.2 Å². The third kappa shape index (κ3) is 3.75. The van der Waals surface area contributed by atoms with Gasteiger partial charge in [0.15, 0.2) is 0 Å². The Hall–Kier alpha value is -1.67. The van der Waals surface area contributed by atoms with Crippen LogP contribution in [0.4, 0.5) is 5.95 Å². The molecule has 6 nitrogen and oxygen atoms in total. The molecule has 1 aromatic carbocycles. The number of rotatable bonds is 6. The number of aliphatic imine (C=N–C) groups is 1. The highest BCUT2D eigenvalue weighted by Gasteiger charge is 2.21. The molecule has 8 heteroatoms. The molecule has 0 fully saturated rings. The molecule has 0 spiro atoms. The zero-order chi connectivity index (χ0) is 15.4. The highest BCUT2D eigenvalue weighted by Crippen LogP contribution is 2.30. The normalized spacial score (nSPS) is 17.5. The summed E-state index contributed by atoms with van der Waals surface area (Å²) in [5.41, 5.74) is 6.66. The van der Waals surface area contributed by atoms with Crippen LogP contribution in [0.3, 0.4) is 0 Å². The molecule has 0 saturated carbocycles. The molecular formula is C14H17N5OS2. The van der Waals surface area contributed by atoms with Crippen LogP contribution in [0, 0.1) is 0 Å². The standard InChI is InChI=1S/C14H17N5OS2/c1-2-20-10-5-3-9(4-6-10)12-16-7-11(22-12)8-21-14-17-13(15)18-19-14/h3-6,11H,2,7-8H2,1H3,(H3,15,17,18,19)/t11-/m1/s1. The van der Waals surface area contributed by atoms with Crippen LogP contribution < -0.4 is 10.5 Å². The van der Waals surface area contributed by atoms with E-state index in [4.69, 9.17) is 10.5 Å². The average molecular weight is 335 g/mol.